The van der Waals surface area contributed by atoms with Crippen molar-refractivity contribution in [1.29, 1.82) is 0 Å². The van der Waals surface area contributed by atoms with Gasteiger partial charge in [-0.2, -0.15) is 0 Å². The molecule has 1 aliphatic heterocycles. The van der Waals surface area contributed by atoms with Crippen molar-refractivity contribution in [1.82, 2.24) is 4.90 Å². The number of likely N-dealkylation sites (tertiary alicyclic amines) is 1. The Balaban J connectivity index is 0.000000407. The van der Waals surface area contributed by atoms with Crippen LogP contribution < -0.4 is 0 Å². The van der Waals surface area contributed by atoms with E-state index in [4.69, 9.17) is 16.3 Å². The number of nitrogens with zero attached hydrogens (tertiary/aromatic N) is 1. The number of aliphatic hydroxyl groups is 1. The van der Waals surface area contributed by atoms with Crippen LogP contribution in [0.25, 0.3) is 11.1 Å². The number of aromatic carboxylic acids is 1. The van der Waals surface area contributed by atoms with Gasteiger partial charge in [0.25, 0.3) is 0 Å². The van der Waals surface area contributed by atoms with Crippen molar-refractivity contribution in [2.75, 3.05) is 26.2 Å². The van der Waals surface area contributed by atoms with Crippen molar-refractivity contribution >= 4 is 17.6 Å². The maximum Gasteiger partial charge on any atom is 0.335 e. The first kappa shape index (κ1) is 32.4. The molecule has 0 radical (unpaired) electrons. The topological polar surface area (TPSA) is 70.0 Å². The van der Waals surface area contributed by atoms with Gasteiger partial charge >= 0.3 is 5.97 Å². The number of β-amino-alcohol motifs (C(OH)–C–C–N with tert-alkyl or cyclic N) is 1. The molecule has 5 nitrogen and oxygen atoms in total. The molecule has 3 aromatic carbocycles. The summed E-state index contributed by atoms with van der Waals surface area (Å²) < 4.78 is 18.4. The van der Waals surface area contributed by atoms with Gasteiger partial charge in [-0.05, 0) is 92.7 Å². The lowest BCUT2D eigenvalue weighted by Crippen LogP contribution is -2.33. The number of carboxylic acids is 1. The zero-order chi connectivity index (χ0) is 28.9. The first-order chi connectivity index (χ1) is 18.7. The number of carboxylic acid groups (broad SMARTS) is 1. The first-order valence-corrected chi connectivity index (χ1v) is 13.9. The van der Waals surface area contributed by atoms with Crippen molar-refractivity contribution in [2.24, 2.45) is 0 Å². The molecule has 212 valence electrons. The summed E-state index contributed by atoms with van der Waals surface area (Å²) in [7, 11) is 0. The van der Waals surface area contributed by atoms with Gasteiger partial charge in [0.15, 0.2) is 0 Å². The lowest BCUT2D eigenvalue weighted by molar-refractivity contribution is -0.0131. The fraction of sp³-hybridized carbons (Fsp3) is 0.406. The third-order valence-electron chi connectivity index (χ3n) is 6.45. The highest BCUT2D eigenvalue weighted by molar-refractivity contribution is 6.30. The molecule has 1 saturated heterocycles. The molecular weight excluding hydrogens is 517 g/mol. The lowest BCUT2D eigenvalue weighted by atomic mass is 9.94. The van der Waals surface area contributed by atoms with E-state index in [1.54, 1.807) is 18.2 Å². The second-order valence-electron chi connectivity index (χ2n) is 9.48. The summed E-state index contributed by atoms with van der Waals surface area (Å²) in [5, 5.41) is 19.7. The van der Waals surface area contributed by atoms with Gasteiger partial charge in [0.05, 0.1) is 29.4 Å². The van der Waals surface area contributed by atoms with Gasteiger partial charge in [-0.1, -0.05) is 67.9 Å². The van der Waals surface area contributed by atoms with E-state index >= 15 is 0 Å². The summed E-state index contributed by atoms with van der Waals surface area (Å²) >= 11 is 5.41. The van der Waals surface area contributed by atoms with Crippen LogP contribution in [0, 0.1) is 19.7 Å². The van der Waals surface area contributed by atoms with Crippen LogP contribution in [-0.2, 0) is 4.74 Å². The van der Waals surface area contributed by atoms with Gasteiger partial charge in [0.1, 0.15) is 5.82 Å². The molecule has 1 heterocycles. The summed E-state index contributed by atoms with van der Waals surface area (Å²) in [5.74, 6) is -1.27. The fourth-order valence-corrected chi connectivity index (χ4v) is 4.57. The second-order valence-corrected chi connectivity index (χ2v) is 9.88. The van der Waals surface area contributed by atoms with E-state index in [0.29, 0.717) is 18.7 Å². The molecule has 0 aliphatic carbocycles. The summed E-state index contributed by atoms with van der Waals surface area (Å²) in [6, 6.07) is 18.1. The van der Waals surface area contributed by atoms with Crippen molar-refractivity contribution in [3.8, 4) is 11.1 Å². The van der Waals surface area contributed by atoms with Crippen LogP contribution in [0.15, 0.2) is 60.7 Å². The van der Waals surface area contributed by atoms with Crippen molar-refractivity contribution in [2.45, 2.75) is 59.7 Å². The molecule has 2 N–H and O–H groups in total. The predicted molar refractivity (Wildman–Crippen MR) is 157 cm³/mol. The van der Waals surface area contributed by atoms with Crippen LogP contribution >= 0.6 is 11.6 Å². The highest BCUT2D eigenvalue weighted by Crippen LogP contribution is 2.31. The van der Waals surface area contributed by atoms with Gasteiger partial charge < -0.3 is 19.8 Å². The Kier molecular flexibility index (Phi) is 13.6. The van der Waals surface area contributed by atoms with Crippen LogP contribution in [-0.4, -0.2) is 53.4 Å². The molecule has 0 saturated carbocycles. The Hall–Kier alpha value is -2.77. The number of carbonyl (C=O) groups is 1. The highest BCUT2D eigenvalue weighted by atomic mass is 35.5. The molecule has 39 heavy (non-hydrogen) atoms. The number of benzene rings is 3. The Morgan fingerprint density at radius 3 is 2.31 bits per heavy atom. The number of hydrogen-bond acceptors (Lipinski definition) is 4. The van der Waals surface area contributed by atoms with Crippen LogP contribution in [0.5, 0.6) is 0 Å². The molecule has 3 aromatic rings. The molecule has 2 unspecified atom stereocenters. The zero-order valence-corrected chi connectivity index (χ0v) is 24.3. The summed E-state index contributed by atoms with van der Waals surface area (Å²) in [6.45, 7) is 12.7. The van der Waals surface area contributed by atoms with E-state index in [9.17, 15) is 19.4 Å². The molecule has 0 bridgehead atoms. The normalized spacial score (nSPS) is 14.5. The molecule has 0 spiro atoms. The Morgan fingerprint density at radius 2 is 1.72 bits per heavy atom. The standard InChI is InChI=1S/C23H29NO4.C7H6ClF.C2H6/c1-16-13-18(9-10-20(16)23(26)27)22-8-4-3-7-21(22)17(2)28-15-19(25)14-24-11-5-6-12-24;1-5-2-3-6(8)7(9)4-5;1-2/h3-4,7-10,13,17,19,25H,5-6,11-12,14-15H2,1-2H3,(H,26,27);2-4H,1H3;1-2H3. The average Bonchev–Trinajstić information content (AvgIpc) is 3.44. The molecule has 2 atom stereocenters. The minimum atomic E-state index is -0.916. The third kappa shape index (κ3) is 10.0. The van der Waals surface area contributed by atoms with E-state index in [2.05, 4.69) is 4.90 Å². The lowest BCUT2D eigenvalue weighted by Gasteiger charge is -2.22. The minimum Gasteiger partial charge on any atom is -0.478 e. The maximum absolute atomic E-state index is 12.4. The van der Waals surface area contributed by atoms with E-state index in [-0.39, 0.29) is 16.9 Å². The summed E-state index contributed by atoms with van der Waals surface area (Å²) in [6.07, 6.45) is 1.74. The Labute approximate surface area is 237 Å². The van der Waals surface area contributed by atoms with Crippen molar-refractivity contribution in [3.05, 3.63) is 93.8 Å². The number of halogens is 2. The largest absolute Gasteiger partial charge is 0.478 e. The van der Waals surface area contributed by atoms with Crippen molar-refractivity contribution < 1.29 is 24.1 Å². The quantitative estimate of drug-likeness (QED) is 0.297. The summed E-state index contributed by atoms with van der Waals surface area (Å²) in [4.78, 5) is 13.5. The SMILES string of the molecule is CC.Cc1cc(-c2ccccc2C(C)OCC(O)CN2CCCC2)ccc1C(=O)O.Cc1ccc(Cl)c(F)c1. The Bertz CT molecular complexity index is 1200. The van der Waals surface area contributed by atoms with Crippen LogP contribution in [0.4, 0.5) is 4.39 Å². The molecule has 0 aromatic heterocycles. The van der Waals surface area contributed by atoms with Gasteiger partial charge in [0.2, 0.25) is 0 Å². The number of ether oxygens (including phenoxy) is 1. The number of rotatable bonds is 8. The molecule has 7 heteroatoms. The zero-order valence-electron chi connectivity index (χ0n) is 23.6. The van der Waals surface area contributed by atoms with Crippen LogP contribution in [0.2, 0.25) is 5.02 Å². The van der Waals surface area contributed by atoms with Gasteiger partial charge in [-0.25, -0.2) is 9.18 Å². The maximum atomic E-state index is 12.4. The second kappa shape index (κ2) is 16.4. The number of hydrogen-bond donors (Lipinski definition) is 2. The monoisotopic (exact) mass is 557 g/mol. The van der Waals surface area contributed by atoms with E-state index in [0.717, 1.165) is 40.9 Å². The summed E-state index contributed by atoms with van der Waals surface area (Å²) in [5.41, 5.74) is 4.94. The molecule has 1 aliphatic rings. The molecule has 0 amide bonds. The van der Waals surface area contributed by atoms with Gasteiger partial charge in [-0.15, -0.1) is 0 Å². The highest BCUT2D eigenvalue weighted by Gasteiger charge is 2.19. The molecular formula is C32H41ClFNO4. The van der Waals surface area contributed by atoms with E-state index < -0.39 is 12.1 Å². The van der Waals surface area contributed by atoms with Crippen molar-refractivity contribution in [3.63, 3.8) is 0 Å². The van der Waals surface area contributed by atoms with E-state index in [1.165, 1.54) is 18.9 Å². The minimum absolute atomic E-state index is 0.177. The number of aliphatic hydroxyl groups excluding tert-OH is 1. The van der Waals surface area contributed by atoms with Gasteiger partial charge in [-0.3, -0.25) is 0 Å². The smallest absolute Gasteiger partial charge is 0.335 e. The third-order valence-corrected chi connectivity index (χ3v) is 6.75. The first-order valence-electron chi connectivity index (χ1n) is 13.5. The number of aryl methyl sites for hydroxylation is 2. The fourth-order valence-electron chi connectivity index (χ4n) is 4.45. The van der Waals surface area contributed by atoms with Crippen LogP contribution in [0.1, 0.15) is 66.8 Å². The predicted octanol–water partition coefficient (Wildman–Crippen LogP) is 7.71. The molecule has 1 fully saturated rings. The Morgan fingerprint density at radius 1 is 1.05 bits per heavy atom. The van der Waals surface area contributed by atoms with Gasteiger partial charge in [0, 0.05) is 6.54 Å². The molecule has 4 rings (SSSR count). The van der Waals surface area contributed by atoms with E-state index in [1.807, 2.05) is 71.0 Å². The average molecular weight is 558 g/mol. The van der Waals surface area contributed by atoms with Crippen LogP contribution in [0.3, 0.4) is 0 Å².